The van der Waals surface area contributed by atoms with Crippen molar-refractivity contribution in [2.24, 2.45) is 0 Å². The number of hydrogen-bond donors (Lipinski definition) is 3. The van der Waals surface area contributed by atoms with Gasteiger partial charge < -0.3 is 10.3 Å². The third-order valence-electron chi connectivity index (χ3n) is 2.22. The molecule has 0 heterocycles. The number of nitrogens with zero attached hydrogens (tertiary/aromatic N) is 1. The van der Waals surface area contributed by atoms with Crippen molar-refractivity contribution in [2.45, 2.75) is 6.04 Å². The van der Waals surface area contributed by atoms with E-state index in [0.717, 1.165) is 10.6 Å². The van der Waals surface area contributed by atoms with E-state index in [1.54, 1.807) is 6.08 Å². The highest BCUT2D eigenvalue weighted by Crippen LogP contribution is 2.03. The van der Waals surface area contributed by atoms with Gasteiger partial charge in [0.2, 0.25) is 0 Å². The van der Waals surface area contributed by atoms with Crippen molar-refractivity contribution in [3.8, 4) is 0 Å². The van der Waals surface area contributed by atoms with Crippen molar-refractivity contribution in [3.05, 3.63) is 42.0 Å². The number of thiol groups is 1. The number of rotatable bonds is 6. The number of carboxylic acid groups (broad SMARTS) is 1. The predicted molar refractivity (Wildman–Crippen MR) is 69.2 cm³/mol. The predicted octanol–water partition coefficient (Wildman–Crippen LogP) is 1.77. The Hall–Kier alpha value is -1.30. The number of carboxylic acids is 1. The largest absolute Gasteiger partial charge is 0.480 e. The summed E-state index contributed by atoms with van der Waals surface area (Å²) >= 11 is 3.88. The molecule has 0 amide bonds. The summed E-state index contributed by atoms with van der Waals surface area (Å²) in [6.07, 6.45) is 3.52. The van der Waals surface area contributed by atoms with E-state index in [1.165, 1.54) is 0 Å². The molecule has 0 aliphatic heterocycles. The molecule has 92 valence electrons. The summed E-state index contributed by atoms with van der Waals surface area (Å²) in [5.41, 5.74) is 0.999. The molecule has 17 heavy (non-hydrogen) atoms. The first-order chi connectivity index (χ1) is 8.15. The second kappa shape index (κ2) is 7.11. The summed E-state index contributed by atoms with van der Waals surface area (Å²) in [6, 6.07) is 8.58. The lowest BCUT2D eigenvalue weighted by atomic mass is 10.2. The highest BCUT2D eigenvalue weighted by Gasteiger charge is 2.21. The molecule has 1 aromatic carbocycles. The quantitative estimate of drug-likeness (QED) is 0.534. The van der Waals surface area contributed by atoms with E-state index >= 15 is 0 Å². The second-order valence-corrected chi connectivity index (χ2v) is 3.84. The van der Waals surface area contributed by atoms with E-state index < -0.39 is 12.0 Å². The number of aliphatic carboxylic acids is 1. The third kappa shape index (κ3) is 4.60. The van der Waals surface area contributed by atoms with E-state index in [-0.39, 0.29) is 12.3 Å². The van der Waals surface area contributed by atoms with Crippen LogP contribution in [-0.4, -0.2) is 39.7 Å². The maximum Gasteiger partial charge on any atom is 0.324 e. The lowest BCUT2D eigenvalue weighted by Gasteiger charge is -2.18. The van der Waals surface area contributed by atoms with Gasteiger partial charge in [-0.25, -0.2) is 0 Å². The fraction of sp³-hybridized carbons (Fsp3) is 0.250. The van der Waals surface area contributed by atoms with Crippen LogP contribution in [-0.2, 0) is 4.79 Å². The van der Waals surface area contributed by atoms with Crippen LogP contribution in [0, 0.1) is 0 Å². The maximum atomic E-state index is 10.7. The fourth-order valence-electron chi connectivity index (χ4n) is 1.29. The molecule has 1 unspecified atom stereocenters. The Kier molecular flexibility index (Phi) is 5.76. The van der Waals surface area contributed by atoms with Gasteiger partial charge in [0, 0.05) is 12.3 Å². The topological polar surface area (TPSA) is 60.8 Å². The summed E-state index contributed by atoms with van der Waals surface area (Å²) in [5, 5.41) is 19.1. The number of benzene rings is 1. The van der Waals surface area contributed by atoms with Crippen LogP contribution in [0.2, 0.25) is 0 Å². The first-order valence-electron chi connectivity index (χ1n) is 5.16. The van der Waals surface area contributed by atoms with Crippen LogP contribution in [0.3, 0.4) is 0 Å². The minimum Gasteiger partial charge on any atom is -0.480 e. The molecular formula is C12H15NO3S. The maximum absolute atomic E-state index is 10.7. The SMILES string of the molecule is O=C(O)C(CS)N(O)C/C=C/c1ccccc1. The van der Waals surface area contributed by atoms with Crippen molar-refractivity contribution >= 4 is 24.7 Å². The summed E-state index contributed by atoms with van der Waals surface area (Å²) in [4.78, 5) is 10.7. The summed E-state index contributed by atoms with van der Waals surface area (Å²) in [7, 11) is 0. The number of carbonyl (C=O) groups is 1. The Morgan fingerprint density at radius 1 is 1.41 bits per heavy atom. The molecule has 0 radical (unpaired) electrons. The average molecular weight is 253 g/mol. The van der Waals surface area contributed by atoms with Crippen molar-refractivity contribution in [1.29, 1.82) is 0 Å². The molecule has 0 saturated heterocycles. The molecule has 2 N–H and O–H groups in total. The fourth-order valence-corrected chi connectivity index (χ4v) is 1.63. The Labute approximate surface area is 106 Å². The van der Waals surface area contributed by atoms with Gasteiger partial charge in [-0.15, -0.1) is 0 Å². The van der Waals surface area contributed by atoms with Gasteiger partial charge in [-0.05, 0) is 5.56 Å². The molecule has 5 heteroatoms. The van der Waals surface area contributed by atoms with Gasteiger partial charge in [0.1, 0.15) is 6.04 Å². The van der Waals surface area contributed by atoms with Crippen molar-refractivity contribution < 1.29 is 15.1 Å². The Morgan fingerprint density at radius 2 is 2.06 bits per heavy atom. The molecular weight excluding hydrogens is 238 g/mol. The van der Waals surface area contributed by atoms with E-state index in [2.05, 4.69) is 12.6 Å². The summed E-state index contributed by atoms with van der Waals surface area (Å²) < 4.78 is 0. The van der Waals surface area contributed by atoms with Crippen molar-refractivity contribution in [3.63, 3.8) is 0 Å². The molecule has 4 nitrogen and oxygen atoms in total. The van der Waals surface area contributed by atoms with Crippen LogP contribution in [0.15, 0.2) is 36.4 Å². The Bertz CT molecular complexity index is 381. The van der Waals surface area contributed by atoms with Crippen LogP contribution >= 0.6 is 12.6 Å². The molecule has 0 aliphatic carbocycles. The van der Waals surface area contributed by atoms with Gasteiger partial charge in [0.15, 0.2) is 0 Å². The molecule has 0 fully saturated rings. The minimum absolute atomic E-state index is 0.0605. The van der Waals surface area contributed by atoms with E-state index in [1.807, 2.05) is 36.4 Å². The van der Waals surface area contributed by atoms with E-state index in [9.17, 15) is 10.0 Å². The minimum atomic E-state index is -1.09. The Morgan fingerprint density at radius 3 is 2.59 bits per heavy atom. The molecule has 0 aliphatic rings. The number of hydrogen-bond acceptors (Lipinski definition) is 4. The van der Waals surface area contributed by atoms with Crippen LogP contribution < -0.4 is 0 Å². The summed E-state index contributed by atoms with van der Waals surface area (Å²) in [5.74, 6) is -1.03. The average Bonchev–Trinajstić information content (AvgIpc) is 2.30. The highest BCUT2D eigenvalue weighted by molar-refractivity contribution is 7.80. The Balaban J connectivity index is 2.50. The highest BCUT2D eigenvalue weighted by atomic mass is 32.1. The van der Waals surface area contributed by atoms with Crippen LogP contribution in [0.4, 0.5) is 0 Å². The van der Waals surface area contributed by atoms with Crippen LogP contribution in [0.25, 0.3) is 6.08 Å². The van der Waals surface area contributed by atoms with Gasteiger partial charge in [-0.3, -0.25) is 4.79 Å². The number of hydroxylamine groups is 2. The monoisotopic (exact) mass is 253 g/mol. The van der Waals surface area contributed by atoms with Gasteiger partial charge in [-0.1, -0.05) is 42.5 Å². The van der Waals surface area contributed by atoms with Gasteiger partial charge >= 0.3 is 5.97 Å². The van der Waals surface area contributed by atoms with Gasteiger partial charge in [0.25, 0.3) is 0 Å². The molecule has 0 aromatic heterocycles. The standard InChI is InChI=1S/C12H15NO3S/c14-12(15)11(9-17)13(16)8-4-7-10-5-2-1-3-6-10/h1-7,11,16-17H,8-9H2,(H,14,15)/b7-4+. The van der Waals surface area contributed by atoms with Crippen molar-refractivity contribution in [2.75, 3.05) is 12.3 Å². The van der Waals surface area contributed by atoms with E-state index in [4.69, 9.17) is 5.11 Å². The van der Waals surface area contributed by atoms with E-state index in [0.29, 0.717) is 0 Å². The summed E-state index contributed by atoms with van der Waals surface area (Å²) in [6.45, 7) is 0.145. The first-order valence-corrected chi connectivity index (χ1v) is 5.79. The van der Waals surface area contributed by atoms with Gasteiger partial charge in [0.05, 0.1) is 0 Å². The molecule has 0 saturated carbocycles. The van der Waals surface area contributed by atoms with Crippen LogP contribution in [0.5, 0.6) is 0 Å². The molecule has 1 rings (SSSR count). The van der Waals surface area contributed by atoms with Gasteiger partial charge in [-0.2, -0.15) is 17.7 Å². The second-order valence-electron chi connectivity index (χ2n) is 3.47. The zero-order chi connectivity index (χ0) is 12.7. The first kappa shape index (κ1) is 13.8. The molecule has 1 atom stereocenters. The molecule has 0 bridgehead atoms. The normalized spacial score (nSPS) is 13.1. The third-order valence-corrected chi connectivity index (χ3v) is 2.57. The van der Waals surface area contributed by atoms with Crippen LogP contribution in [0.1, 0.15) is 5.56 Å². The zero-order valence-electron chi connectivity index (χ0n) is 9.23. The lowest BCUT2D eigenvalue weighted by Crippen LogP contribution is -2.40. The molecule has 1 aromatic rings. The zero-order valence-corrected chi connectivity index (χ0v) is 10.1. The molecule has 0 spiro atoms. The van der Waals surface area contributed by atoms with Crippen molar-refractivity contribution in [1.82, 2.24) is 5.06 Å². The lowest BCUT2D eigenvalue weighted by molar-refractivity contribution is -0.163. The smallest absolute Gasteiger partial charge is 0.324 e.